The summed E-state index contributed by atoms with van der Waals surface area (Å²) in [6, 6.07) is 78.6. The molecule has 0 aromatic heterocycles. The van der Waals surface area contributed by atoms with Gasteiger partial charge >= 0.3 is 0 Å². The van der Waals surface area contributed by atoms with Crippen molar-refractivity contribution in [3.63, 3.8) is 0 Å². The Morgan fingerprint density at radius 3 is 1.56 bits per heavy atom. The van der Waals surface area contributed by atoms with E-state index in [2.05, 4.69) is 217 Å². The van der Waals surface area contributed by atoms with Gasteiger partial charge in [0, 0.05) is 16.8 Å². The molecule has 0 radical (unpaired) electrons. The summed E-state index contributed by atoms with van der Waals surface area (Å²) in [5.74, 6) is 0. The van der Waals surface area contributed by atoms with Crippen LogP contribution in [0.1, 0.15) is 0 Å². The number of benzene rings is 9. The molecule has 1 heterocycles. The van der Waals surface area contributed by atoms with Crippen molar-refractivity contribution in [2.75, 3.05) is 4.90 Å². The first-order valence-electron chi connectivity index (χ1n) is 18.0. The zero-order valence-corrected chi connectivity index (χ0v) is 29.7. The van der Waals surface area contributed by atoms with Crippen LogP contribution in [-0.4, -0.2) is 8.07 Å². The van der Waals surface area contributed by atoms with Gasteiger partial charge in [0.1, 0.15) is 0 Å². The smallest absolute Gasteiger partial charge is 0.180 e. The summed E-state index contributed by atoms with van der Waals surface area (Å²) < 4.78 is 0. The van der Waals surface area contributed by atoms with Crippen LogP contribution in [0, 0.1) is 0 Å². The van der Waals surface area contributed by atoms with Gasteiger partial charge in [-0.3, -0.25) is 0 Å². The minimum absolute atomic E-state index is 1.13. The van der Waals surface area contributed by atoms with Gasteiger partial charge in [0.05, 0.1) is 5.69 Å². The van der Waals surface area contributed by atoms with Gasteiger partial charge in [0.15, 0.2) is 8.07 Å². The Hall–Kier alpha value is -6.48. The maximum absolute atomic E-state index is 2.59. The molecule has 10 rings (SSSR count). The van der Waals surface area contributed by atoms with E-state index in [1.165, 1.54) is 70.2 Å². The van der Waals surface area contributed by atoms with E-state index in [1.807, 2.05) is 0 Å². The Bertz CT molecular complexity index is 2680. The van der Waals surface area contributed by atoms with Crippen molar-refractivity contribution < 1.29 is 0 Å². The van der Waals surface area contributed by atoms with Gasteiger partial charge in [0.25, 0.3) is 0 Å². The largest absolute Gasteiger partial charge is 0.310 e. The maximum Gasteiger partial charge on any atom is 0.180 e. The molecule has 2 heteroatoms. The molecular weight excluding hydrogens is 643 g/mol. The van der Waals surface area contributed by atoms with Crippen molar-refractivity contribution in [1.29, 1.82) is 0 Å². The molecule has 0 saturated heterocycles. The van der Waals surface area contributed by atoms with Crippen LogP contribution >= 0.6 is 0 Å². The van der Waals surface area contributed by atoms with Gasteiger partial charge in [-0.2, -0.15) is 0 Å². The highest BCUT2D eigenvalue weighted by Gasteiger charge is 2.48. The molecule has 0 unspecified atom stereocenters. The predicted octanol–water partition coefficient (Wildman–Crippen LogP) is 10.5. The fraction of sp³-hybridized carbons (Fsp3) is 0. The van der Waals surface area contributed by atoms with E-state index in [0.717, 1.165) is 11.4 Å². The molecule has 52 heavy (non-hydrogen) atoms. The maximum atomic E-state index is 2.47. The van der Waals surface area contributed by atoms with Crippen LogP contribution in [0.25, 0.3) is 43.8 Å². The summed E-state index contributed by atoms with van der Waals surface area (Å²) in [5, 5.41) is 10.7. The lowest BCUT2D eigenvalue weighted by molar-refractivity contribution is 1.30. The summed E-state index contributed by atoms with van der Waals surface area (Å²) in [4.78, 5) is 2.47. The lowest BCUT2D eigenvalue weighted by Gasteiger charge is -2.32. The molecule has 0 amide bonds. The summed E-state index contributed by atoms with van der Waals surface area (Å²) >= 11 is 0. The van der Waals surface area contributed by atoms with Crippen molar-refractivity contribution >= 4 is 67.4 Å². The third-order valence-electron chi connectivity index (χ3n) is 10.9. The molecule has 0 N–H and O–H groups in total. The molecule has 1 aliphatic heterocycles. The molecule has 1 nitrogen and oxygen atoms in total. The highest BCUT2D eigenvalue weighted by Crippen LogP contribution is 2.44. The number of nitrogens with zero attached hydrogens (tertiary/aromatic N) is 1. The second-order valence-electron chi connectivity index (χ2n) is 13.7. The predicted molar refractivity (Wildman–Crippen MR) is 224 cm³/mol. The Kier molecular flexibility index (Phi) is 7.23. The zero-order chi connectivity index (χ0) is 34.5. The van der Waals surface area contributed by atoms with Crippen molar-refractivity contribution in [2.24, 2.45) is 0 Å². The quantitative estimate of drug-likeness (QED) is 0.125. The second kappa shape index (κ2) is 12.4. The molecule has 0 bridgehead atoms. The Morgan fingerprint density at radius 1 is 0.327 bits per heavy atom. The van der Waals surface area contributed by atoms with Gasteiger partial charge in [-0.1, -0.05) is 182 Å². The highest BCUT2D eigenvalue weighted by atomic mass is 28.3. The van der Waals surface area contributed by atoms with E-state index in [4.69, 9.17) is 0 Å². The van der Waals surface area contributed by atoms with Gasteiger partial charge in [-0.05, 0) is 89.5 Å². The molecular formula is C50H35NSi. The number of rotatable bonds is 6. The highest BCUT2D eigenvalue weighted by molar-refractivity contribution is 7.22. The van der Waals surface area contributed by atoms with Crippen LogP contribution in [0.4, 0.5) is 17.1 Å². The van der Waals surface area contributed by atoms with Gasteiger partial charge in [-0.25, -0.2) is 0 Å². The fourth-order valence-corrected chi connectivity index (χ4v) is 13.8. The van der Waals surface area contributed by atoms with E-state index < -0.39 is 8.07 Å². The number of hydrogen-bond donors (Lipinski definition) is 0. The third kappa shape index (κ3) is 4.69. The molecule has 9 aromatic carbocycles. The second-order valence-corrected chi connectivity index (χ2v) is 17.4. The molecule has 0 saturated carbocycles. The van der Waals surface area contributed by atoms with Crippen molar-refractivity contribution in [3.05, 3.63) is 212 Å². The molecule has 1 aliphatic rings. The number of hydrogen-bond acceptors (Lipinski definition) is 1. The first-order chi connectivity index (χ1) is 25.8. The normalized spacial score (nSPS) is 12.8. The Labute approximate surface area is 305 Å². The van der Waals surface area contributed by atoms with Crippen LogP contribution in [-0.2, 0) is 0 Å². The van der Waals surface area contributed by atoms with Crippen molar-refractivity contribution in [2.45, 2.75) is 0 Å². The standard InChI is InChI=1S/C50H35NSi/c1-4-16-36(17-5-1)37-28-30-39(31-29-37)51(48-34-38-18-10-11-23-43(38)44-24-12-13-25-45(44)48)40-32-33-50-47(35-40)46-26-14-15-27-49(46)52(50,41-19-6-2-7-20-41)42-21-8-3-9-22-42/h1-35H. The van der Waals surface area contributed by atoms with Crippen LogP contribution < -0.4 is 25.6 Å². The lowest BCUT2D eigenvalue weighted by atomic mass is 9.98. The van der Waals surface area contributed by atoms with Crippen molar-refractivity contribution in [3.8, 4) is 22.3 Å². The minimum Gasteiger partial charge on any atom is -0.310 e. The average Bonchev–Trinajstić information content (AvgIpc) is 3.53. The fourth-order valence-electron chi connectivity index (χ4n) is 8.66. The van der Waals surface area contributed by atoms with E-state index in [9.17, 15) is 0 Å². The number of fused-ring (bicyclic) bond motifs is 6. The third-order valence-corrected chi connectivity index (χ3v) is 15.8. The molecule has 0 atom stereocenters. The van der Waals surface area contributed by atoms with E-state index >= 15 is 0 Å². The summed E-state index contributed by atoms with van der Waals surface area (Å²) in [5.41, 5.74) is 8.52. The van der Waals surface area contributed by atoms with E-state index in [0.29, 0.717) is 0 Å². The lowest BCUT2D eigenvalue weighted by Crippen LogP contribution is -2.72. The molecule has 9 aromatic rings. The minimum atomic E-state index is -2.59. The van der Waals surface area contributed by atoms with Crippen LogP contribution in [0.15, 0.2) is 212 Å². The molecule has 0 spiro atoms. The first-order valence-corrected chi connectivity index (χ1v) is 20.0. The van der Waals surface area contributed by atoms with Gasteiger partial charge < -0.3 is 4.90 Å². The summed E-state index contributed by atoms with van der Waals surface area (Å²) in [6.07, 6.45) is 0. The first kappa shape index (κ1) is 30.4. The van der Waals surface area contributed by atoms with Crippen LogP contribution in [0.3, 0.4) is 0 Å². The Morgan fingerprint density at radius 2 is 0.846 bits per heavy atom. The summed E-state index contributed by atoms with van der Waals surface area (Å²) in [6.45, 7) is 0. The van der Waals surface area contributed by atoms with E-state index in [1.54, 1.807) is 0 Å². The molecule has 244 valence electrons. The zero-order valence-electron chi connectivity index (χ0n) is 28.7. The van der Waals surface area contributed by atoms with Crippen LogP contribution in [0.2, 0.25) is 0 Å². The summed E-state index contributed by atoms with van der Waals surface area (Å²) in [7, 11) is -2.59. The molecule has 0 aliphatic carbocycles. The SMILES string of the molecule is c1ccc(-c2ccc(N(c3ccc4c(c3)-c3ccccc3[Si]4(c3ccccc3)c3ccccc3)c3cc4ccccc4c4ccccc34)cc2)cc1. The van der Waals surface area contributed by atoms with Crippen LogP contribution in [0.5, 0.6) is 0 Å². The van der Waals surface area contributed by atoms with Crippen molar-refractivity contribution in [1.82, 2.24) is 0 Å². The monoisotopic (exact) mass is 677 g/mol. The number of anilines is 3. The topological polar surface area (TPSA) is 3.24 Å². The Balaban J connectivity index is 1.24. The average molecular weight is 678 g/mol. The van der Waals surface area contributed by atoms with Gasteiger partial charge in [0.2, 0.25) is 0 Å². The molecule has 0 fully saturated rings. The van der Waals surface area contributed by atoms with Gasteiger partial charge in [-0.15, -0.1) is 0 Å². The van der Waals surface area contributed by atoms with E-state index in [-0.39, 0.29) is 0 Å².